The zero-order chi connectivity index (χ0) is 19.1. The number of hydrogen-bond donors (Lipinski definition) is 1. The van der Waals surface area contributed by atoms with Gasteiger partial charge in [-0.2, -0.15) is 0 Å². The van der Waals surface area contributed by atoms with E-state index < -0.39 is 0 Å². The van der Waals surface area contributed by atoms with Crippen molar-refractivity contribution in [2.45, 2.75) is 24.3 Å². The van der Waals surface area contributed by atoms with Crippen LogP contribution in [-0.4, -0.2) is 36.2 Å². The topological polar surface area (TPSA) is 32.3 Å². The summed E-state index contributed by atoms with van der Waals surface area (Å²) in [6.45, 7) is 3.21. The van der Waals surface area contributed by atoms with Gasteiger partial charge in [0.2, 0.25) is 5.91 Å². The van der Waals surface area contributed by atoms with Crippen molar-refractivity contribution >= 4 is 40.9 Å². The first-order chi connectivity index (χ1) is 13.1. The summed E-state index contributed by atoms with van der Waals surface area (Å²) in [4.78, 5) is 16.0. The molecular weight excluding hydrogens is 399 g/mol. The Morgan fingerprint density at radius 3 is 2.37 bits per heavy atom. The standard InChI is InChI=1S/C21H24Cl2N2OS/c22-19-7-4-8-20(23)18(19)15-25-12-9-16(10-13-25)21(26)24-11-14-27-17-5-2-1-3-6-17/h1-8,16H,9-15H2,(H,24,26). The largest absolute Gasteiger partial charge is 0.355 e. The highest BCUT2D eigenvalue weighted by Gasteiger charge is 2.25. The second-order valence-corrected chi connectivity index (χ2v) is 8.69. The van der Waals surface area contributed by atoms with Crippen LogP contribution in [0.5, 0.6) is 0 Å². The molecule has 2 aromatic carbocycles. The van der Waals surface area contributed by atoms with Gasteiger partial charge in [-0.05, 0) is 50.2 Å². The minimum atomic E-state index is 0.102. The molecule has 0 unspecified atom stereocenters. The van der Waals surface area contributed by atoms with E-state index >= 15 is 0 Å². The summed E-state index contributed by atoms with van der Waals surface area (Å²) in [6, 6.07) is 15.9. The van der Waals surface area contributed by atoms with Crippen LogP contribution >= 0.6 is 35.0 Å². The number of benzene rings is 2. The molecule has 0 aromatic heterocycles. The first kappa shape index (κ1) is 20.5. The van der Waals surface area contributed by atoms with Gasteiger partial charge in [-0.25, -0.2) is 0 Å². The van der Waals surface area contributed by atoms with Crippen LogP contribution in [0.3, 0.4) is 0 Å². The Morgan fingerprint density at radius 2 is 1.70 bits per heavy atom. The van der Waals surface area contributed by atoms with Gasteiger partial charge in [0.25, 0.3) is 0 Å². The van der Waals surface area contributed by atoms with Crippen molar-refractivity contribution in [2.75, 3.05) is 25.4 Å². The molecule has 1 heterocycles. The van der Waals surface area contributed by atoms with Crippen molar-refractivity contribution in [2.24, 2.45) is 5.92 Å². The van der Waals surface area contributed by atoms with Gasteiger partial charge in [-0.1, -0.05) is 47.5 Å². The minimum absolute atomic E-state index is 0.102. The molecule has 27 heavy (non-hydrogen) atoms. The van der Waals surface area contributed by atoms with E-state index in [1.54, 1.807) is 11.8 Å². The summed E-state index contributed by atoms with van der Waals surface area (Å²) in [7, 11) is 0. The molecule has 1 aliphatic rings. The first-order valence-corrected chi connectivity index (χ1v) is 11.0. The monoisotopic (exact) mass is 422 g/mol. The number of halogens is 2. The number of hydrogen-bond acceptors (Lipinski definition) is 3. The normalized spacial score (nSPS) is 15.6. The van der Waals surface area contributed by atoms with Crippen LogP contribution in [0.1, 0.15) is 18.4 Å². The molecule has 6 heteroatoms. The van der Waals surface area contributed by atoms with Gasteiger partial charge in [0.15, 0.2) is 0 Å². The van der Waals surface area contributed by atoms with Crippen LogP contribution in [-0.2, 0) is 11.3 Å². The Kier molecular flexibility index (Phi) is 7.89. The molecule has 1 fully saturated rings. The zero-order valence-corrected chi connectivity index (χ0v) is 17.5. The Bertz CT molecular complexity index is 729. The van der Waals surface area contributed by atoms with Crippen LogP contribution in [0, 0.1) is 5.92 Å². The second kappa shape index (κ2) is 10.4. The molecule has 0 aliphatic carbocycles. The van der Waals surface area contributed by atoms with Crippen LogP contribution in [0.4, 0.5) is 0 Å². The van der Waals surface area contributed by atoms with E-state index in [2.05, 4.69) is 22.3 Å². The van der Waals surface area contributed by atoms with Crippen molar-refractivity contribution in [3.8, 4) is 0 Å². The number of likely N-dealkylation sites (tertiary alicyclic amines) is 1. The first-order valence-electron chi connectivity index (χ1n) is 9.24. The molecule has 1 saturated heterocycles. The van der Waals surface area contributed by atoms with Gasteiger partial charge in [0.05, 0.1) is 0 Å². The van der Waals surface area contributed by atoms with Gasteiger partial charge < -0.3 is 5.32 Å². The Labute approximate surface area is 175 Å². The van der Waals surface area contributed by atoms with E-state index in [0.717, 1.165) is 43.8 Å². The average molecular weight is 423 g/mol. The zero-order valence-electron chi connectivity index (χ0n) is 15.2. The summed E-state index contributed by atoms with van der Waals surface area (Å²) < 4.78 is 0. The summed E-state index contributed by atoms with van der Waals surface area (Å²) in [6.07, 6.45) is 1.75. The van der Waals surface area contributed by atoms with E-state index in [9.17, 15) is 4.79 Å². The summed E-state index contributed by atoms with van der Waals surface area (Å²) in [5.74, 6) is 1.17. The lowest BCUT2D eigenvalue weighted by Crippen LogP contribution is -2.40. The molecule has 0 spiro atoms. The Hall–Kier alpha value is -1.20. The molecule has 0 radical (unpaired) electrons. The Morgan fingerprint density at radius 1 is 1.04 bits per heavy atom. The van der Waals surface area contributed by atoms with E-state index in [-0.39, 0.29) is 11.8 Å². The molecule has 1 aliphatic heterocycles. The van der Waals surface area contributed by atoms with Crippen LogP contribution in [0.15, 0.2) is 53.4 Å². The van der Waals surface area contributed by atoms with Gasteiger partial charge in [-0.15, -0.1) is 11.8 Å². The fourth-order valence-electron chi connectivity index (χ4n) is 3.26. The lowest BCUT2D eigenvalue weighted by Gasteiger charge is -2.31. The predicted molar refractivity (Wildman–Crippen MR) is 115 cm³/mol. The summed E-state index contributed by atoms with van der Waals surface area (Å²) in [5, 5.41) is 4.50. The number of carbonyl (C=O) groups excluding carboxylic acids is 1. The number of nitrogens with one attached hydrogen (secondary N) is 1. The predicted octanol–water partition coefficient (Wildman–Crippen LogP) is 5.11. The second-order valence-electron chi connectivity index (χ2n) is 6.70. The number of piperidine rings is 1. The number of nitrogens with zero attached hydrogens (tertiary/aromatic N) is 1. The van der Waals surface area contributed by atoms with Crippen molar-refractivity contribution < 1.29 is 4.79 Å². The lowest BCUT2D eigenvalue weighted by atomic mass is 9.95. The third kappa shape index (κ3) is 6.15. The van der Waals surface area contributed by atoms with Crippen molar-refractivity contribution in [1.29, 1.82) is 0 Å². The maximum atomic E-state index is 12.4. The highest BCUT2D eigenvalue weighted by atomic mass is 35.5. The smallest absolute Gasteiger partial charge is 0.223 e. The SMILES string of the molecule is O=C(NCCSc1ccccc1)C1CCN(Cc2c(Cl)cccc2Cl)CC1. The summed E-state index contributed by atoms with van der Waals surface area (Å²) in [5.41, 5.74) is 0.974. The van der Waals surface area contributed by atoms with E-state index in [4.69, 9.17) is 23.2 Å². The number of thioether (sulfide) groups is 1. The van der Waals surface area contributed by atoms with Crippen LogP contribution < -0.4 is 5.32 Å². The van der Waals surface area contributed by atoms with Gasteiger partial charge in [-0.3, -0.25) is 9.69 Å². The average Bonchev–Trinajstić information content (AvgIpc) is 2.69. The maximum absolute atomic E-state index is 12.4. The highest BCUT2D eigenvalue weighted by molar-refractivity contribution is 7.99. The molecule has 0 bridgehead atoms. The van der Waals surface area contributed by atoms with Gasteiger partial charge in [0.1, 0.15) is 0 Å². The molecule has 1 amide bonds. The molecule has 3 rings (SSSR count). The lowest BCUT2D eigenvalue weighted by molar-refractivity contribution is -0.126. The number of rotatable bonds is 7. The van der Waals surface area contributed by atoms with Crippen molar-refractivity contribution in [1.82, 2.24) is 10.2 Å². The van der Waals surface area contributed by atoms with Gasteiger partial charge >= 0.3 is 0 Å². The maximum Gasteiger partial charge on any atom is 0.223 e. The molecule has 144 valence electrons. The quantitative estimate of drug-likeness (QED) is 0.496. The summed E-state index contributed by atoms with van der Waals surface area (Å²) >= 11 is 14.3. The van der Waals surface area contributed by atoms with E-state index in [1.807, 2.05) is 36.4 Å². The molecular formula is C21H24Cl2N2OS. The van der Waals surface area contributed by atoms with Crippen LogP contribution in [0.25, 0.3) is 0 Å². The highest BCUT2D eigenvalue weighted by Crippen LogP contribution is 2.27. The molecule has 3 nitrogen and oxygen atoms in total. The van der Waals surface area contributed by atoms with Crippen molar-refractivity contribution in [3.63, 3.8) is 0 Å². The van der Waals surface area contributed by atoms with E-state index in [1.165, 1.54) is 4.90 Å². The third-order valence-electron chi connectivity index (χ3n) is 4.82. The molecule has 0 atom stereocenters. The van der Waals surface area contributed by atoms with Crippen LogP contribution in [0.2, 0.25) is 10.0 Å². The number of amides is 1. The molecule has 0 saturated carbocycles. The van der Waals surface area contributed by atoms with Crippen molar-refractivity contribution in [3.05, 3.63) is 64.1 Å². The minimum Gasteiger partial charge on any atom is -0.355 e. The Balaban J connectivity index is 1.38. The molecule has 1 N–H and O–H groups in total. The fraction of sp³-hybridized carbons (Fsp3) is 0.381. The third-order valence-corrected chi connectivity index (χ3v) is 6.54. The van der Waals surface area contributed by atoms with E-state index in [0.29, 0.717) is 16.6 Å². The fourth-order valence-corrected chi connectivity index (χ4v) is 4.57. The molecule has 2 aromatic rings. The van der Waals surface area contributed by atoms with Gasteiger partial charge in [0, 0.05) is 45.3 Å². The number of carbonyl (C=O) groups is 1.